The van der Waals surface area contributed by atoms with Crippen LogP contribution in [0.4, 0.5) is 0 Å². The molecule has 0 radical (unpaired) electrons. The molecule has 1 amide bonds. The van der Waals surface area contributed by atoms with Gasteiger partial charge in [-0.25, -0.2) is 0 Å². The lowest BCUT2D eigenvalue weighted by molar-refractivity contribution is -0.129. The molecule has 1 aliphatic rings. The first kappa shape index (κ1) is 14.5. The Labute approximate surface area is 105 Å². The van der Waals surface area contributed by atoms with Gasteiger partial charge >= 0.3 is 0 Å². The van der Waals surface area contributed by atoms with Crippen LogP contribution in [0, 0.1) is 23.7 Å². The minimum atomic E-state index is 0.148. The molecule has 1 fully saturated rings. The Hall–Kier alpha value is -0.570. The molecule has 0 aromatic carbocycles. The maximum absolute atomic E-state index is 12.1. The molecule has 17 heavy (non-hydrogen) atoms. The summed E-state index contributed by atoms with van der Waals surface area (Å²) in [5.74, 6) is 2.15. The van der Waals surface area contributed by atoms with Gasteiger partial charge in [0.15, 0.2) is 0 Å². The van der Waals surface area contributed by atoms with Crippen LogP contribution in [0.3, 0.4) is 0 Å². The van der Waals surface area contributed by atoms with Crippen molar-refractivity contribution < 1.29 is 9.90 Å². The highest BCUT2D eigenvalue weighted by Gasteiger charge is 2.34. The van der Waals surface area contributed by atoms with E-state index in [2.05, 4.69) is 26.1 Å². The zero-order valence-electron chi connectivity index (χ0n) is 11.4. The number of amides is 1. The first-order chi connectivity index (χ1) is 8.06. The van der Waals surface area contributed by atoms with Crippen molar-refractivity contribution >= 4 is 5.91 Å². The average Bonchev–Trinajstić information content (AvgIpc) is 2.28. The smallest absolute Gasteiger partial charge is 0.223 e. The van der Waals surface area contributed by atoms with E-state index < -0.39 is 0 Å². The molecule has 1 rings (SSSR count). The Morgan fingerprint density at radius 3 is 2.71 bits per heavy atom. The molecular formula is C14H27NO2. The largest absolute Gasteiger partial charge is 0.396 e. The van der Waals surface area contributed by atoms with Crippen LogP contribution in [-0.4, -0.2) is 24.2 Å². The summed E-state index contributed by atoms with van der Waals surface area (Å²) in [5.41, 5.74) is 0. The molecule has 3 nitrogen and oxygen atoms in total. The van der Waals surface area contributed by atoms with Crippen molar-refractivity contribution in [3.8, 4) is 0 Å². The fourth-order valence-electron chi connectivity index (χ4n) is 2.93. The highest BCUT2D eigenvalue weighted by Crippen LogP contribution is 2.37. The van der Waals surface area contributed by atoms with E-state index in [1.165, 1.54) is 12.8 Å². The standard InChI is InChI=1S/C14H27NO2/c1-10(2)12-6-5-11(3)9-13(12)14(17)15-7-4-8-16/h10-13,16H,4-9H2,1-3H3,(H,15,17). The van der Waals surface area contributed by atoms with E-state index in [1.807, 2.05) is 0 Å². The third-order valence-electron chi connectivity index (χ3n) is 3.99. The molecular weight excluding hydrogens is 214 g/mol. The average molecular weight is 241 g/mol. The molecule has 3 heteroatoms. The Morgan fingerprint density at radius 1 is 1.41 bits per heavy atom. The number of hydrogen-bond donors (Lipinski definition) is 2. The SMILES string of the molecule is CC1CCC(C(C)C)C(C(=O)NCCCO)C1. The van der Waals surface area contributed by atoms with Gasteiger partial charge in [0, 0.05) is 19.1 Å². The Morgan fingerprint density at radius 2 is 2.12 bits per heavy atom. The van der Waals surface area contributed by atoms with Gasteiger partial charge in [-0.3, -0.25) is 4.79 Å². The molecule has 1 aliphatic carbocycles. The molecule has 3 unspecified atom stereocenters. The Bertz CT molecular complexity index is 240. The summed E-state index contributed by atoms with van der Waals surface area (Å²) in [6.07, 6.45) is 4.11. The number of carbonyl (C=O) groups is 1. The number of aliphatic hydroxyl groups excluding tert-OH is 1. The molecule has 0 bridgehead atoms. The zero-order chi connectivity index (χ0) is 12.8. The first-order valence-corrected chi connectivity index (χ1v) is 6.94. The lowest BCUT2D eigenvalue weighted by atomic mass is 9.70. The van der Waals surface area contributed by atoms with E-state index in [4.69, 9.17) is 5.11 Å². The molecule has 0 heterocycles. The Kier molecular flexibility index (Phi) is 5.96. The summed E-state index contributed by atoms with van der Waals surface area (Å²) in [5, 5.41) is 11.7. The zero-order valence-corrected chi connectivity index (χ0v) is 11.4. The summed E-state index contributed by atoms with van der Waals surface area (Å²) in [6.45, 7) is 7.42. The minimum Gasteiger partial charge on any atom is -0.396 e. The van der Waals surface area contributed by atoms with Crippen molar-refractivity contribution in [1.82, 2.24) is 5.32 Å². The fourth-order valence-corrected chi connectivity index (χ4v) is 2.93. The molecule has 100 valence electrons. The van der Waals surface area contributed by atoms with E-state index >= 15 is 0 Å². The van der Waals surface area contributed by atoms with Gasteiger partial charge in [0.05, 0.1) is 0 Å². The van der Waals surface area contributed by atoms with Crippen molar-refractivity contribution in [3.05, 3.63) is 0 Å². The summed E-state index contributed by atoms with van der Waals surface area (Å²) in [6, 6.07) is 0. The van der Waals surface area contributed by atoms with Crippen LogP contribution < -0.4 is 5.32 Å². The van der Waals surface area contributed by atoms with Crippen LogP contribution in [0.5, 0.6) is 0 Å². The van der Waals surface area contributed by atoms with Gasteiger partial charge in [-0.05, 0) is 37.0 Å². The van der Waals surface area contributed by atoms with Gasteiger partial charge < -0.3 is 10.4 Å². The van der Waals surface area contributed by atoms with Crippen LogP contribution in [0.25, 0.3) is 0 Å². The molecule has 0 saturated heterocycles. The van der Waals surface area contributed by atoms with Gasteiger partial charge in [0.25, 0.3) is 0 Å². The molecule has 2 N–H and O–H groups in total. The Balaban J connectivity index is 2.53. The molecule has 1 saturated carbocycles. The molecule has 0 aromatic rings. The third-order valence-corrected chi connectivity index (χ3v) is 3.99. The monoisotopic (exact) mass is 241 g/mol. The van der Waals surface area contributed by atoms with Crippen LogP contribution in [-0.2, 0) is 4.79 Å². The predicted octanol–water partition coefficient (Wildman–Crippen LogP) is 2.19. The normalized spacial score (nSPS) is 29.4. The maximum Gasteiger partial charge on any atom is 0.223 e. The molecule has 0 aliphatic heterocycles. The third kappa shape index (κ3) is 4.30. The minimum absolute atomic E-state index is 0.148. The first-order valence-electron chi connectivity index (χ1n) is 6.94. The van der Waals surface area contributed by atoms with Crippen LogP contribution in [0.15, 0.2) is 0 Å². The van der Waals surface area contributed by atoms with Gasteiger partial charge in [-0.15, -0.1) is 0 Å². The van der Waals surface area contributed by atoms with Gasteiger partial charge in [-0.1, -0.05) is 27.2 Å². The van der Waals surface area contributed by atoms with E-state index in [0.29, 0.717) is 30.7 Å². The van der Waals surface area contributed by atoms with E-state index in [-0.39, 0.29) is 18.4 Å². The quantitative estimate of drug-likeness (QED) is 0.725. The van der Waals surface area contributed by atoms with Crippen molar-refractivity contribution in [2.45, 2.75) is 46.5 Å². The summed E-state index contributed by atoms with van der Waals surface area (Å²) in [4.78, 5) is 12.1. The second kappa shape index (κ2) is 7.00. The highest BCUT2D eigenvalue weighted by atomic mass is 16.3. The molecule has 3 atom stereocenters. The van der Waals surface area contributed by atoms with Gasteiger partial charge in [0.2, 0.25) is 5.91 Å². The summed E-state index contributed by atoms with van der Waals surface area (Å²) in [7, 11) is 0. The van der Waals surface area contributed by atoms with Crippen LogP contribution in [0.2, 0.25) is 0 Å². The van der Waals surface area contributed by atoms with Gasteiger partial charge in [-0.2, -0.15) is 0 Å². The van der Waals surface area contributed by atoms with E-state index in [9.17, 15) is 4.79 Å². The lowest BCUT2D eigenvalue weighted by Gasteiger charge is -2.36. The maximum atomic E-state index is 12.1. The molecule has 0 aromatic heterocycles. The number of hydrogen-bond acceptors (Lipinski definition) is 2. The summed E-state index contributed by atoms with van der Waals surface area (Å²) < 4.78 is 0. The summed E-state index contributed by atoms with van der Waals surface area (Å²) >= 11 is 0. The number of carbonyl (C=O) groups excluding carboxylic acids is 1. The fraction of sp³-hybridized carbons (Fsp3) is 0.929. The second-order valence-electron chi connectivity index (χ2n) is 5.80. The number of rotatable bonds is 5. The number of aliphatic hydroxyl groups is 1. The van der Waals surface area contributed by atoms with Crippen LogP contribution >= 0.6 is 0 Å². The van der Waals surface area contributed by atoms with Crippen molar-refractivity contribution in [2.24, 2.45) is 23.7 Å². The van der Waals surface area contributed by atoms with E-state index in [0.717, 1.165) is 6.42 Å². The van der Waals surface area contributed by atoms with Gasteiger partial charge in [0.1, 0.15) is 0 Å². The van der Waals surface area contributed by atoms with Crippen LogP contribution in [0.1, 0.15) is 46.5 Å². The number of nitrogens with one attached hydrogen (secondary N) is 1. The lowest BCUT2D eigenvalue weighted by Crippen LogP contribution is -2.40. The second-order valence-corrected chi connectivity index (χ2v) is 5.80. The highest BCUT2D eigenvalue weighted by molar-refractivity contribution is 5.79. The van der Waals surface area contributed by atoms with Crippen molar-refractivity contribution in [2.75, 3.05) is 13.2 Å². The topological polar surface area (TPSA) is 49.3 Å². The van der Waals surface area contributed by atoms with E-state index in [1.54, 1.807) is 0 Å². The molecule has 0 spiro atoms. The van der Waals surface area contributed by atoms with Crippen molar-refractivity contribution in [3.63, 3.8) is 0 Å². The van der Waals surface area contributed by atoms with Crippen molar-refractivity contribution in [1.29, 1.82) is 0 Å². The predicted molar refractivity (Wildman–Crippen MR) is 69.5 cm³/mol.